The van der Waals surface area contributed by atoms with Crippen LogP contribution in [0.4, 0.5) is 0 Å². The molecule has 0 saturated heterocycles. The lowest BCUT2D eigenvalue weighted by atomic mass is 9.77. The summed E-state index contributed by atoms with van der Waals surface area (Å²) in [6.45, 7) is 0.992. The van der Waals surface area contributed by atoms with E-state index >= 15 is 0 Å². The maximum atomic E-state index is 5.75. The first-order valence-electron chi connectivity index (χ1n) is 7.95. The van der Waals surface area contributed by atoms with Crippen molar-refractivity contribution < 1.29 is 14.2 Å². The highest BCUT2D eigenvalue weighted by Crippen LogP contribution is 2.53. The quantitative estimate of drug-likeness (QED) is 0.945. The lowest BCUT2D eigenvalue weighted by molar-refractivity contribution is 0.352. The van der Waals surface area contributed by atoms with Crippen LogP contribution in [-0.2, 0) is 12.8 Å². The molecule has 0 bridgehead atoms. The monoisotopic (exact) mass is 311 g/mol. The van der Waals surface area contributed by atoms with Gasteiger partial charge in [0.2, 0.25) is 0 Å². The SMILES string of the molecule is COc1cc2c3c(c1OC)-c1c(cccc1OC)CC3NCC2. The maximum absolute atomic E-state index is 5.75. The molecule has 4 rings (SSSR count). The van der Waals surface area contributed by atoms with Crippen LogP contribution in [0.3, 0.4) is 0 Å². The second-order valence-electron chi connectivity index (χ2n) is 6.02. The van der Waals surface area contributed by atoms with Crippen molar-refractivity contribution in [2.75, 3.05) is 27.9 Å². The fourth-order valence-electron chi connectivity index (χ4n) is 3.99. The van der Waals surface area contributed by atoms with Crippen LogP contribution in [0.5, 0.6) is 17.2 Å². The fraction of sp³-hybridized carbons (Fsp3) is 0.368. The second-order valence-corrected chi connectivity index (χ2v) is 6.02. The van der Waals surface area contributed by atoms with Crippen molar-refractivity contribution in [2.24, 2.45) is 0 Å². The topological polar surface area (TPSA) is 39.7 Å². The van der Waals surface area contributed by atoms with Gasteiger partial charge in [-0.3, -0.25) is 0 Å². The van der Waals surface area contributed by atoms with Crippen LogP contribution in [0.15, 0.2) is 24.3 Å². The molecular weight excluding hydrogens is 290 g/mol. The Balaban J connectivity index is 2.11. The van der Waals surface area contributed by atoms with Gasteiger partial charge in [0.1, 0.15) is 5.75 Å². The summed E-state index contributed by atoms with van der Waals surface area (Å²) < 4.78 is 17.0. The third-order valence-corrected chi connectivity index (χ3v) is 4.94. The van der Waals surface area contributed by atoms with Crippen molar-refractivity contribution in [1.82, 2.24) is 5.32 Å². The van der Waals surface area contributed by atoms with E-state index in [0.717, 1.165) is 47.8 Å². The summed E-state index contributed by atoms with van der Waals surface area (Å²) >= 11 is 0. The van der Waals surface area contributed by atoms with Crippen LogP contribution in [-0.4, -0.2) is 27.9 Å². The van der Waals surface area contributed by atoms with Gasteiger partial charge in [-0.2, -0.15) is 0 Å². The van der Waals surface area contributed by atoms with Gasteiger partial charge < -0.3 is 19.5 Å². The van der Waals surface area contributed by atoms with E-state index in [1.807, 2.05) is 6.07 Å². The van der Waals surface area contributed by atoms with Crippen molar-refractivity contribution in [3.63, 3.8) is 0 Å². The van der Waals surface area contributed by atoms with Crippen LogP contribution in [0.25, 0.3) is 11.1 Å². The van der Waals surface area contributed by atoms with Gasteiger partial charge in [0.05, 0.1) is 21.3 Å². The Labute approximate surface area is 136 Å². The molecule has 2 aromatic rings. The van der Waals surface area contributed by atoms with Crippen LogP contribution < -0.4 is 19.5 Å². The molecule has 0 spiro atoms. The number of hydrogen-bond acceptors (Lipinski definition) is 4. The molecule has 1 N–H and O–H groups in total. The van der Waals surface area contributed by atoms with Crippen molar-refractivity contribution >= 4 is 0 Å². The molecule has 0 radical (unpaired) electrons. The zero-order valence-electron chi connectivity index (χ0n) is 13.7. The van der Waals surface area contributed by atoms with E-state index in [-0.39, 0.29) is 0 Å². The summed E-state index contributed by atoms with van der Waals surface area (Å²) in [5.41, 5.74) is 6.23. The van der Waals surface area contributed by atoms with Crippen LogP contribution in [0.2, 0.25) is 0 Å². The summed E-state index contributed by atoms with van der Waals surface area (Å²) in [7, 11) is 5.12. The zero-order valence-corrected chi connectivity index (χ0v) is 13.7. The van der Waals surface area contributed by atoms with E-state index in [9.17, 15) is 0 Å². The largest absolute Gasteiger partial charge is 0.496 e. The highest BCUT2D eigenvalue weighted by molar-refractivity contribution is 5.87. The van der Waals surface area contributed by atoms with Crippen molar-refractivity contribution in [1.29, 1.82) is 0 Å². The van der Waals surface area contributed by atoms with E-state index in [1.165, 1.54) is 16.7 Å². The number of fused-ring (bicyclic) bond motifs is 2. The Kier molecular flexibility index (Phi) is 3.42. The summed E-state index contributed by atoms with van der Waals surface area (Å²) in [4.78, 5) is 0. The van der Waals surface area contributed by atoms with E-state index in [2.05, 4.69) is 23.5 Å². The average molecular weight is 311 g/mol. The van der Waals surface area contributed by atoms with Gasteiger partial charge in [0, 0.05) is 17.2 Å². The molecule has 1 heterocycles. The predicted molar refractivity (Wildman–Crippen MR) is 89.7 cm³/mol. The Morgan fingerprint density at radius 3 is 2.52 bits per heavy atom. The molecule has 1 atom stereocenters. The lowest BCUT2D eigenvalue weighted by Crippen LogP contribution is -2.34. The molecule has 120 valence electrons. The maximum Gasteiger partial charge on any atom is 0.169 e. The Morgan fingerprint density at radius 2 is 1.78 bits per heavy atom. The minimum absolute atomic E-state index is 0.327. The summed E-state index contributed by atoms with van der Waals surface area (Å²) in [6.07, 6.45) is 1.98. The second kappa shape index (κ2) is 5.46. The average Bonchev–Trinajstić information content (AvgIpc) is 2.60. The third-order valence-electron chi connectivity index (χ3n) is 4.94. The van der Waals surface area contributed by atoms with E-state index in [0.29, 0.717) is 6.04 Å². The third kappa shape index (κ3) is 2.01. The first-order chi connectivity index (χ1) is 11.3. The minimum Gasteiger partial charge on any atom is -0.496 e. The minimum atomic E-state index is 0.327. The van der Waals surface area contributed by atoms with Crippen LogP contribution >= 0.6 is 0 Å². The number of benzene rings is 2. The van der Waals surface area contributed by atoms with Crippen molar-refractivity contribution in [3.05, 3.63) is 41.0 Å². The summed E-state index contributed by atoms with van der Waals surface area (Å²) in [5.74, 6) is 2.48. The van der Waals surface area contributed by atoms with Crippen molar-refractivity contribution in [2.45, 2.75) is 18.9 Å². The summed E-state index contributed by atoms with van der Waals surface area (Å²) in [6, 6.07) is 8.70. The standard InChI is InChI=1S/C19H21NO3/c1-21-14-6-4-5-11-9-13-16-12(7-8-20-13)10-15(22-2)19(23-3)18(16)17(11)14/h4-6,10,13,20H,7-9H2,1-3H3. The molecule has 2 aliphatic rings. The van der Waals surface area contributed by atoms with Crippen molar-refractivity contribution in [3.8, 4) is 28.4 Å². The molecular formula is C19H21NO3. The normalized spacial score (nSPS) is 18.0. The predicted octanol–water partition coefficient (Wildman–Crippen LogP) is 3.12. The molecule has 4 nitrogen and oxygen atoms in total. The molecule has 0 amide bonds. The van der Waals surface area contributed by atoms with Gasteiger partial charge in [-0.05, 0) is 48.2 Å². The molecule has 4 heteroatoms. The molecule has 0 fully saturated rings. The van der Waals surface area contributed by atoms with Crippen LogP contribution in [0.1, 0.15) is 22.7 Å². The van der Waals surface area contributed by atoms with Gasteiger partial charge in [-0.1, -0.05) is 12.1 Å². The van der Waals surface area contributed by atoms with E-state index < -0.39 is 0 Å². The van der Waals surface area contributed by atoms with Gasteiger partial charge in [0.25, 0.3) is 0 Å². The van der Waals surface area contributed by atoms with Gasteiger partial charge >= 0.3 is 0 Å². The number of hydrogen-bond donors (Lipinski definition) is 1. The Bertz CT molecular complexity index is 770. The first kappa shape index (κ1) is 14.4. The Hall–Kier alpha value is -2.20. The first-order valence-corrected chi connectivity index (χ1v) is 7.95. The van der Waals surface area contributed by atoms with Gasteiger partial charge in [-0.15, -0.1) is 0 Å². The van der Waals surface area contributed by atoms with E-state index in [4.69, 9.17) is 14.2 Å². The lowest BCUT2D eigenvalue weighted by Gasteiger charge is -2.36. The molecule has 1 aliphatic carbocycles. The van der Waals surface area contributed by atoms with Crippen LogP contribution in [0, 0.1) is 0 Å². The Morgan fingerprint density at radius 1 is 0.957 bits per heavy atom. The zero-order chi connectivity index (χ0) is 16.0. The smallest absolute Gasteiger partial charge is 0.169 e. The number of ether oxygens (including phenoxy) is 3. The molecule has 23 heavy (non-hydrogen) atoms. The number of methoxy groups -OCH3 is 3. The molecule has 1 unspecified atom stereocenters. The molecule has 1 aliphatic heterocycles. The van der Waals surface area contributed by atoms with E-state index in [1.54, 1.807) is 21.3 Å². The molecule has 2 aromatic carbocycles. The summed E-state index contributed by atoms with van der Waals surface area (Å²) in [5, 5.41) is 3.65. The number of nitrogens with one attached hydrogen (secondary N) is 1. The molecule has 0 aromatic heterocycles. The van der Waals surface area contributed by atoms with Gasteiger partial charge in [-0.25, -0.2) is 0 Å². The highest BCUT2D eigenvalue weighted by Gasteiger charge is 2.35. The highest BCUT2D eigenvalue weighted by atomic mass is 16.5. The fourth-order valence-corrected chi connectivity index (χ4v) is 3.99. The molecule has 0 saturated carbocycles. The number of rotatable bonds is 3. The van der Waals surface area contributed by atoms with Gasteiger partial charge in [0.15, 0.2) is 11.5 Å².